The Morgan fingerprint density at radius 1 is 1.47 bits per heavy atom. The first kappa shape index (κ1) is 12.8. The summed E-state index contributed by atoms with van der Waals surface area (Å²) in [5.41, 5.74) is 0.110. The Morgan fingerprint density at radius 2 is 2.18 bits per heavy atom. The summed E-state index contributed by atoms with van der Waals surface area (Å²) in [5.74, 6) is 1.05. The van der Waals surface area contributed by atoms with Crippen molar-refractivity contribution in [1.82, 2.24) is 15.5 Å². The molecule has 4 heteroatoms. The van der Waals surface area contributed by atoms with Crippen LogP contribution in [0.2, 0.25) is 0 Å². The minimum absolute atomic E-state index is 0.110. The van der Waals surface area contributed by atoms with Crippen molar-refractivity contribution in [3.8, 4) is 0 Å². The number of piperidine rings is 1. The molecule has 2 aliphatic rings. The first-order valence-electron chi connectivity index (χ1n) is 6.83. The fourth-order valence-electron chi connectivity index (χ4n) is 2.63. The molecule has 98 valence electrons. The maximum atomic E-state index is 12.0. The molecule has 0 aliphatic carbocycles. The number of carbonyl (C=O) groups is 1. The smallest absolute Gasteiger partial charge is 0.236 e. The number of nitrogens with one attached hydrogen (secondary N) is 2. The lowest BCUT2D eigenvalue weighted by Gasteiger charge is -2.32. The Balaban J connectivity index is 1.73. The quantitative estimate of drug-likeness (QED) is 0.757. The first-order valence-corrected chi connectivity index (χ1v) is 6.83. The second-order valence-corrected chi connectivity index (χ2v) is 5.90. The van der Waals surface area contributed by atoms with Gasteiger partial charge in [0.15, 0.2) is 0 Å². The molecule has 4 nitrogen and oxygen atoms in total. The molecule has 2 rings (SSSR count). The second-order valence-electron chi connectivity index (χ2n) is 5.90. The average Bonchev–Trinajstić information content (AvgIpc) is 2.75. The summed E-state index contributed by atoms with van der Waals surface area (Å²) in [6.07, 6.45) is 3.42. The highest BCUT2D eigenvalue weighted by Gasteiger charge is 2.29. The number of hydrogen-bond acceptors (Lipinski definition) is 3. The monoisotopic (exact) mass is 239 g/mol. The van der Waals surface area contributed by atoms with E-state index in [9.17, 15) is 4.79 Å². The zero-order chi connectivity index (χ0) is 12.3. The molecule has 0 saturated carbocycles. The number of amides is 1. The summed E-state index contributed by atoms with van der Waals surface area (Å²) in [5, 5.41) is 6.75. The Labute approximate surface area is 104 Å². The maximum Gasteiger partial charge on any atom is 0.236 e. The summed E-state index contributed by atoms with van der Waals surface area (Å²) >= 11 is 0. The van der Waals surface area contributed by atoms with Gasteiger partial charge >= 0.3 is 0 Å². The van der Waals surface area contributed by atoms with Gasteiger partial charge in [0.05, 0.1) is 6.54 Å². The van der Waals surface area contributed by atoms with Crippen LogP contribution in [-0.4, -0.2) is 49.1 Å². The van der Waals surface area contributed by atoms with E-state index >= 15 is 0 Å². The predicted octanol–water partition coefficient (Wildman–Crippen LogP) is 0.587. The zero-order valence-electron chi connectivity index (χ0n) is 11.1. The van der Waals surface area contributed by atoms with Crippen LogP contribution in [-0.2, 0) is 4.79 Å². The number of nitrogens with zero attached hydrogens (tertiary/aromatic N) is 1. The van der Waals surface area contributed by atoms with E-state index in [1.807, 2.05) is 4.90 Å². The molecule has 0 aromatic heterocycles. The number of carbonyl (C=O) groups excluding carboxylic acids is 1. The molecular formula is C13H25N3O. The van der Waals surface area contributed by atoms with Crippen molar-refractivity contribution in [3.05, 3.63) is 0 Å². The lowest BCUT2D eigenvalue weighted by atomic mass is 9.99. The Kier molecular flexibility index (Phi) is 4.05. The summed E-state index contributed by atoms with van der Waals surface area (Å²) in [7, 11) is 0. The molecule has 1 unspecified atom stereocenters. The van der Waals surface area contributed by atoms with Crippen LogP contribution < -0.4 is 10.6 Å². The SMILES string of the molecule is CC1CCN(C(=O)CNC2(C)CCNC2)CC1. The molecule has 1 atom stereocenters. The highest BCUT2D eigenvalue weighted by molar-refractivity contribution is 5.78. The van der Waals surface area contributed by atoms with Crippen molar-refractivity contribution in [2.45, 2.75) is 38.6 Å². The van der Waals surface area contributed by atoms with Crippen molar-refractivity contribution in [3.63, 3.8) is 0 Å². The molecule has 0 radical (unpaired) electrons. The molecule has 1 amide bonds. The van der Waals surface area contributed by atoms with Crippen LogP contribution in [0.15, 0.2) is 0 Å². The molecule has 17 heavy (non-hydrogen) atoms. The second kappa shape index (κ2) is 5.36. The van der Waals surface area contributed by atoms with Crippen molar-refractivity contribution >= 4 is 5.91 Å². The van der Waals surface area contributed by atoms with E-state index in [2.05, 4.69) is 24.5 Å². The average molecular weight is 239 g/mol. The van der Waals surface area contributed by atoms with Gasteiger partial charge in [-0.05, 0) is 38.6 Å². The van der Waals surface area contributed by atoms with Gasteiger partial charge in [0, 0.05) is 25.2 Å². The molecule has 2 aliphatic heterocycles. The molecule has 2 heterocycles. The van der Waals surface area contributed by atoms with E-state index in [1.54, 1.807) is 0 Å². The normalized spacial score (nSPS) is 30.8. The van der Waals surface area contributed by atoms with Crippen LogP contribution in [0.5, 0.6) is 0 Å². The molecule has 0 bridgehead atoms. The van der Waals surface area contributed by atoms with Gasteiger partial charge in [0.2, 0.25) is 5.91 Å². The van der Waals surface area contributed by atoms with Gasteiger partial charge in [0.1, 0.15) is 0 Å². The number of rotatable bonds is 3. The van der Waals surface area contributed by atoms with Crippen LogP contribution in [0.4, 0.5) is 0 Å². The third-order valence-corrected chi connectivity index (χ3v) is 4.17. The van der Waals surface area contributed by atoms with Gasteiger partial charge in [0.25, 0.3) is 0 Å². The summed E-state index contributed by atoms with van der Waals surface area (Å²) in [6, 6.07) is 0. The number of likely N-dealkylation sites (tertiary alicyclic amines) is 1. The molecule has 2 N–H and O–H groups in total. The lowest BCUT2D eigenvalue weighted by molar-refractivity contribution is -0.131. The molecule has 0 spiro atoms. The molecule has 0 aromatic rings. The van der Waals surface area contributed by atoms with Gasteiger partial charge < -0.3 is 15.5 Å². The highest BCUT2D eigenvalue weighted by Crippen LogP contribution is 2.16. The lowest BCUT2D eigenvalue weighted by Crippen LogP contribution is -2.50. The maximum absolute atomic E-state index is 12.0. The summed E-state index contributed by atoms with van der Waals surface area (Å²) in [4.78, 5) is 14.1. The molecular weight excluding hydrogens is 214 g/mol. The summed E-state index contributed by atoms with van der Waals surface area (Å²) in [6.45, 7) is 8.86. The number of hydrogen-bond donors (Lipinski definition) is 2. The van der Waals surface area contributed by atoms with E-state index < -0.39 is 0 Å². The van der Waals surface area contributed by atoms with Gasteiger partial charge in [-0.1, -0.05) is 6.92 Å². The molecule has 2 saturated heterocycles. The Bertz CT molecular complexity index is 266. The van der Waals surface area contributed by atoms with Crippen molar-refractivity contribution in [2.24, 2.45) is 5.92 Å². The molecule has 0 aromatic carbocycles. The van der Waals surface area contributed by atoms with Gasteiger partial charge in [-0.2, -0.15) is 0 Å². The topological polar surface area (TPSA) is 44.4 Å². The highest BCUT2D eigenvalue weighted by atomic mass is 16.2. The standard InChI is InChI=1S/C13H25N3O/c1-11-3-7-16(8-4-11)12(17)9-15-13(2)5-6-14-10-13/h11,14-15H,3-10H2,1-2H3. The van der Waals surface area contributed by atoms with Crippen LogP contribution >= 0.6 is 0 Å². The largest absolute Gasteiger partial charge is 0.342 e. The minimum atomic E-state index is 0.110. The van der Waals surface area contributed by atoms with E-state index in [4.69, 9.17) is 0 Å². The fourth-order valence-corrected chi connectivity index (χ4v) is 2.63. The van der Waals surface area contributed by atoms with Crippen LogP contribution in [0.3, 0.4) is 0 Å². The summed E-state index contributed by atoms with van der Waals surface area (Å²) < 4.78 is 0. The molecule has 2 fully saturated rings. The Hall–Kier alpha value is -0.610. The van der Waals surface area contributed by atoms with E-state index in [-0.39, 0.29) is 11.4 Å². The van der Waals surface area contributed by atoms with Crippen LogP contribution in [0, 0.1) is 5.92 Å². The van der Waals surface area contributed by atoms with Crippen molar-refractivity contribution in [1.29, 1.82) is 0 Å². The fraction of sp³-hybridized carbons (Fsp3) is 0.923. The van der Waals surface area contributed by atoms with Gasteiger partial charge in [-0.3, -0.25) is 4.79 Å². The van der Waals surface area contributed by atoms with E-state index in [1.165, 1.54) is 0 Å². The van der Waals surface area contributed by atoms with Gasteiger partial charge in [-0.15, -0.1) is 0 Å². The van der Waals surface area contributed by atoms with Gasteiger partial charge in [-0.25, -0.2) is 0 Å². The van der Waals surface area contributed by atoms with Crippen molar-refractivity contribution < 1.29 is 4.79 Å². The van der Waals surface area contributed by atoms with E-state index in [0.717, 1.165) is 51.4 Å². The zero-order valence-corrected chi connectivity index (χ0v) is 11.1. The van der Waals surface area contributed by atoms with Crippen LogP contribution in [0.1, 0.15) is 33.1 Å². The third kappa shape index (κ3) is 3.42. The third-order valence-electron chi connectivity index (χ3n) is 4.17. The first-order chi connectivity index (χ1) is 8.09. The minimum Gasteiger partial charge on any atom is -0.342 e. The van der Waals surface area contributed by atoms with Crippen LogP contribution in [0.25, 0.3) is 0 Å². The predicted molar refractivity (Wildman–Crippen MR) is 68.9 cm³/mol. The Morgan fingerprint density at radius 3 is 2.76 bits per heavy atom. The van der Waals surface area contributed by atoms with E-state index in [0.29, 0.717) is 6.54 Å². The van der Waals surface area contributed by atoms with Crippen molar-refractivity contribution in [2.75, 3.05) is 32.7 Å².